The molecule has 2 aromatic carbocycles. The maximum atomic E-state index is 13.5. The third-order valence-electron chi connectivity index (χ3n) is 3.14. The number of hydrogen-bond acceptors (Lipinski definition) is 4. The van der Waals surface area contributed by atoms with E-state index in [0.717, 1.165) is 15.6 Å². The lowest BCUT2D eigenvalue weighted by Crippen LogP contribution is -1.94. The zero-order chi connectivity index (χ0) is 15.0. The Hall–Kier alpha value is -2.21. The molecule has 0 radical (unpaired) electrons. The van der Waals surface area contributed by atoms with E-state index < -0.39 is 5.82 Å². The number of anilines is 1. The lowest BCUT2D eigenvalue weighted by Gasteiger charge is -2.01. The van der Waals surface area contributed by atoms with Crippen molar-refractivity contribution in [2.75, 3.05) is 5.73 Å². The molecule has 0 bridgehead atoms. The summed E-state index contributed by atoms with van der Waals surface area (Å²) in [4.78, 5) is 4.30. The number of nitrogen functional groups attached to an aromatic ring is 1. The molecule has 1 aromatic heterocycles. The molecule has 21 heavy (non-hydrogen) atoms. The summed E-state index contributed by atoms with van der Waals surface area (Å²) in [5.74, 6) is 0.134. The highest BCUT2D eigenvalue weighted by molar-refractivity contribution is 9.10. The number of aryl methyl sites for hydroxylation is 1. The Morgan fingerprint density at radius 2 is 2.00 bits per heavy atom. The van der Waals surface area contributed by atoms with Gasteiger partial charge in [-0.25, -0.2) is 4.39 Å². The van der Waals surface area contributed by atoms with Gasteiger partial charge in [0.05, 0.1) is 11.3 Å². The topological polar surface area (TPSA) is 64.9 Å². The van der Waals surface area contributed by atoms with E-state index in [0.29, 0.717) is 11.4 Å². The molecule has 6 heteroatoms. The summed E-state index contributed by atoms with van der Waals surface area (Å²) >= 11 is 3.41. The van der Waals surface area contributed by atoms with Crippen molar-refractivity contribution < 1.29 is 8.91 Å². The molecule has 2 N–H and O–H groups in total. The molecule has 4 nitrogen and oxygen atoms in total. The van der Waals surface area contributed by atoms with Crippen LogP contribution in [0.3, 0.4) is 0 Å². The maximum Gasteiger partial charge on any atom is 0.260 e. The lowest BCUT2D eigenvalue weighted by molar-refractivity contribution is 0.432. The molecular weight excluding hydrogens is 337 g/mol. The van der Waals surface area contributed by atoms with Crippen LogP contribution in [-0.2, 0) is 0 Å². The predicted molar refractivity (Wildman–Crippen MR) is 82.0 cm³/mol. The number of rotatable bonds is 2. The van der Waals surface area contributed by atoms with E-state index in [2.05, 4.69) is 26.1 Å². The molecule has 0 amide bonds. The summed E-state index contributed by atoms with van der Waals surface area (Å²) in [6.07, 6.45) is 0. The number of hydrogen-bond donors (Lipinski definition) is 1. The van der Waals surface area contributed by atoms with Crippen LogP contribution in [-0.4, -0.2) is 10.1 Å². The van der Waals surface area contributed by atoms with Crippen molar-refractivity contribution in [3.05, 3.63) is 52.3 Å². The number of halogens is 2. The van der Waals surface area contributed by atoms with Crippen molar-refractivity contribution in [3.8, 4) is 22.8 Å². The van der Waals surface area contributed by atoms with Crippen molar-refractivity contribution >= 4 is 21.6 Å². The Kier molecular flexibility index (Phi) is 3.47. The van der Waals surface area contributed by atoms with Crippen LogP contribution in [0.5, 0.6) is 0 Å². The van der Waals surface area contributed by atoms with Crippen LogP contribution in [0, 0.1) is 12.7 Å². The average molecular weight is 348 g/mol. The summed E-state index contributed by atoms with van der Waals surface area (Å²) in [7, 11) is 0. The van der Waals surface area contributed by atoms with Gasteiger partial charge < -0.3 is 10.3 Å². The van der Waals surface area contributed by atoms with Crippen LogP contribution in [0.1, 0.15) is 5.56 Å². The Morgan fingerprint density at radius 3 is 2.76 bits per heavy atom. The Bertz CT molecular complexity index is 816. The summed E-state index contributed by atoms with van der Waals surface area (Å²) in [6, 6.07) is 10.2. The molecule has 0 spiro atoms. The molecule has 1 heterocycles. The van der Waals surface area contributed by atoms with E-state index >= 15 is 0 Å². The van der Waals surface area contributed by atoms with E-state index in [1.165, 1.54) is 6.07 Å². The lowest BCUT2D eigenvalue weighted by atomic mass is 10.1. The van der Waals surface area contributed by atoms with Crippen LogP contribution < -0.4 is 5.73 Å². The molecule has 3 aromatic rings. The molecule has 0 fully saturated rings. The van der Waals surface area contributed by atoms with E-state index in [1.807, 2.05) is 25.1 Å². The van der Waals surface area contributed by atoms with Gasteiger partial charge >= 0.3 is 0 Å². The Balaban J connectivity index is 2.06. The van der Waals surface area contributed by atoms with Crippen LogP contribution in [0.2, 0.25) is 0 Å². The molecule has 0 unspecified atom stereocenters. The second-order valence-electron chi connectivity index (χ2n) is 4.58. The largest absolute Gasteiger partial charge is 0.396 e. The SMILES string of the molecule is Cc1cc(Br)ccc1-c1noc(-c2cccc(F)c2N)n1. The monoisotopic (exact) mass is 347 g/mol. The van der Waals surface area contributed by atoms with Crippen LogP contribution in [0.15, 0.2) is 45.4 Å². The highest BCUT2D eigenvalue weighted by atomic mass is 79.9. The first-order chi connectivity index (χ1) is 10.1. The van der Waals surface area contributed by atoms with Gasteiger partial charge in [-0.15, -0.1) is 0 Å². The van der Waals surface area contributed by atoms with Gasteiger partial charge in [0, 0.05) is 10.0 Å². The van der Waals surface area contributed by atoms with E-state index in [4.69, 9.17) is 10.3 Å². The summed E-state index contributed by atoms with van der Waals surface area (Å²) < 4.78 is 19.7. The zero-order valence-electron chi connectivity index (χ0n) is 11.1. The number of nitrogens with zero attached hydrogens (tertiary/aromatic N) is 2. The highest BCUT2D eigenvalue weighted by Crippen LogP contribution is 2.30. The molecule has 0 saturated heterocycles. The number of benzene rings is 2. The van der Waals surface area contributed by atoms with Crippen LogP contribution in [0.4, 0.5) is 10.1 Å². The molecule has 106 valence electrons. The molecule has 0 aliphatic heterocycles. The van der Waals surface area contributed by atoms with E-state index in [1.54, 1.807) is 12.1 Å². The predicted octanol–water partition coefficient (Wildman–Crippen LogP) is 4.20. The smallest absolute Gasteiger partial charge is 0.260 e. The van der Waals surface area contributed by atoms with Gasteiger partial charge in [-0.05, 0) is 42.8 Å². The number of para-hydroxylation sites is 1. The van der Waals surface area contributed by atoms with Crippen molar-refractivity contribution in [1.29, 1.82) is 0 Å². The minimum absolute atomic E-state index is 0.000211. The fourth-order valence-electron chi connectivity index (χ4n) is 2.04. The molecular formula is C15H11BrFN3O. The van der Waals surface area contributed by atoms with Gasteiger partial charge in [-0.3, -0.25) is 0 Å². The summed E-state index contributed by atoms with van der Waals surface area (Å²) in [5.41, 5.74) is 7.95. The molecule has 0 aliphatic carbocycles. The van der Waals surface area contributed by atoms with Gasteiger partial charge in [0.1, 0.15) is 5.82 Å². The van der Waals surface area contributed by atoms with Crippen LogP contribution in [0.25, 0.3) is 22.8 Å². The Labute approximate surface area is 128 Å². The first kappa shape index (κ1) is 13.8. The first-order valence-corrected chi connectivity index (χ1v) is 7.00. The molecule has 3 rings (SSSR count). The number of aromatic nitrogens is 2. The van der Waals surface area contributed by atoms with Crippen molar-refractivity contribution in [3.63, 3.8) is 0 Å². The van der Waals surface area contributed by atoms with E-state index in [9.17, 15) is 4.39 Å². The summed E-state index contributed by atoms with van der Waals surface area (Å²) in [6.45, 7) is 1.95. The highest BCUT2D eigenvalue weighted by Gasteiger charge is 2.16. The van der Waals surface area contributed by atoms with Gasteiger partial charge in [0.15, 0.2) is 0 Å². The first-order valence-electron chi connectivity index (χ1n) is 6.21. The van der Waals surface area contributed by atoms with Crippen LogP contribution >= 0.6 is 15.9 Å². The quantitative estimate of drug-likeness (QED) is 0.705. The third-order valence-corrected chi connectivity index (χ3v) is 3.63. The van der Waals surface area contributed by atoms with Gasteiger partial charge in [-0.2, -0.15) is 4.98 Å². The Morgan fingerprint density at radius 1 is 1.19 bits per heavy atom. The molecule has 0 aliphatic rings. The second kappa shape index (κ2) is 5.29. The average Bonchev–Trinajstić information content (AvgIpc) is 2.91. The van der Waals surface area contributed by atoms with Crippen molar-refractivity contribution in [2.24, 2.45) is 0 Å². The van der Waals surface area contributed by atoms with E-state index in [-0.39, 0.29) is 11.6 Å². The maximum absolute atomic E-state index is 13.5. The summed E-state index contributed by atoms with van der Waals surface area (Å²) in [5, 5.41) is 3.94. The fraction of sp³-hybridized carbons (Fsp3) is 0.0667. The standard InChI is InChI=1S/C15H11BrFN3O/c1-8-7-9(16)5-6-10(8)14-19-15(21-20-14)11-3-2-4-12(17)13(11)18/h2-7H,18H2,1H3. The minimum Gasteiger partial charge on any atom is -0.396 e. The normalized spacial score (nSPS) is 10.8. The number of nitrogens with two attached hydrogens (primary N) is 1. The van der Waals surface area contributed by atoms with Crippen molar-refractivity contribution in [2.45, 2.75) is 6.92 Å². The fourth-order valence-corrected chi connectivity index (χ4v) is 2.52. The van der Waals surface area contributed by atoms with Crippen molar-refractivity contribution in [1.82, 2.24) is 10.1 Å². The minimum atomic E-state index is -0.507. The molecule has 0 saturated carbocycles. The second-order valence-corrected chi connectivity index (χ2v) is 5.50. The molecule has 0 atom stereocenters. The van der Waals surface area contributed by atoms with Gasteiger partial charge in [-0.1, -0.05) is 27.2 Å². The van der Waals surface area contributed by atoms with Gasteiger partial charge in [0.25, 0.3) is 5.89 Å². The third kappa shape index (κ3) is 2.54. The van der Waals surface area contributed by atoms with Gasteiger partial charge in [0.2, 0.25) is 5.82 Å². The zero-order valence-corrected chi connectivity index (χ0v) is 12.7.